The Balaban J connectivity index is 0.000000233. The van der Waals surface area contributed by atoms with E-state index >= 15 is 0 Å². The molecule has 0 aliphatic carbocycles. The zero-order valence-electron chi connectivity index (χ0n) is 23.4. The summed E-state index contributed by atoms with van der Waals surface area (Å²) in [6.07, 6.45) is 0.686. The number of rotatable bonds is 8. The number of aromatic carboxylic acids is 2. The number of hydrogen-bond donors (Lipinski definition) is 5. The molecule has 0 saturated heterocycles. The number of aromatic nitrogens is 4. The summed E-state index contributed by atoms with van der Waals surface area (Å²) in [6.45, 7) is 1.84. The molecular formula is C30H27F3N6O5. The average molecular weight is 609 g/mol. The molecule has 0 spiro atoms. The Kier molecular flexibility index (Phi) is 9.12. The van der Waals surface area contributed by atoms with Crippen molar-refractivity contribution in [2.75, 3.05) is 11.9 Å². The largest absolute Gasteiger partial charge is 0.478 e. The lowest BCUT2D eigenvalue weighted by atomic mass is 9.97. The molecule has 228 valence electrons. The number of amides is 1. The number of carboxylic acid groups (broad SMARTS) is 2. The molecule has 0 aliphatic rings. The number of anilines is 1. The minimum Gasteiger partial charge on any atom is -0.478 e. The van der Waals surface area contributed by atoms with Gasteiger partial charge in [-0.15, -0.1) is 0 Å². The summed E-state index contributed by atoms with van der Waals surface area (Å²) >= 11 is 0. The molecule has 0 bridgehead atoms. The first kappa shape index (κ1) is 31.4. The second-order valence-corrected chi connectivity index (χ2v) is 9.80. The number of H-pyrrole nitrogens is 1. The van der Waals surface area contributed by atoms with Crippen LogP contribution in [0, 0.1) is 0 Å². The lowest BCUT2D eigenvalue weighted by molar-refractivity contribution is -0.140. The molecule has 0 fully saturated rings. The molecule has 44 heavy (non-hydrogen) atoms. The third-order valence-corrected chi connectivity index (χ3v) is 6.78. The number of nitrogens with one attached hydrogen (secondary N) is 3. The van der Waals surface area contributed by atoms with Gasteiger partial charge in [0.25, 0.3) is 0 Å². The van der Waals surface area contributed by atoms with Crippen LogP contribution in [0.15, 0.2) is 73.2 Å². The second-order valence-electron chi connectivity index (χ2n) is 9.80. The van der Waals surface area contributed by atoms with Gasteiger partial charge in [0.05, 0.1) is 11.1 Å². The highest BCUT2D eigenvalue weighted by Gasteiger charge is 2.35. The molecule has 3 aromatic heterocycles. The van der Waals surface area contributed by atoms with Gasteiger partial charge in [0.1, 0.15) is 23.5 Å². The Morgan fingerprint density at radius 2 is 1.64 bits per heavy atom. The number of alkyl halides is 3. The number of benzene rings is 2. The molecule has 11 nitrogen and oxygen atoms in total. The molecule has 5 N–H and O–H groups in total. The van der Waals surface area contributed by atoms with Crippen molar-refractivity contribution < 1.29 is 37.8 Å². The van der Waals surface area contributed by atoms with Gasteiger partial charge in [0.2, 0.25) is 5.91 Å². The second kappa shape index (κ2) is 12.8. The Hall–Kier alpha value is -5.53. The van der Waals surface area contributed by atoms with Gasteiger partial charge in [0.15, 0.2) is 5.82 Å². The fourth-order valence-corrected chi connectivity index (χ4v) is 4.34. The van der Waals surface area contributed by atoms with Crippen LogP contribution in [0.25, 0.3) is 33.2 Å². The van der Waals surface area contributed by atoms with Crippen molar-refractivity contribution >= 4 is 45.5 Å². The maximum atomic E-state index is 12.4. The third-order valence-electron chi connectivity index (χ3n) is 6.78. The lowest BCUT2D eigenvalue weighted by Crippen LogP contribution is -2.52. The van der Waals surface area contributed by atoms with E-state index in [-0.39, 0.29) is 17.5 Å². The number of nitrogens with zero attached hydrogens (tertiary/aromatic N) is 3. The first-order chi connectivity index (χ1) is 20.8. The summed E-state index contributed by atoms with van der Waals surface area (Å²) in [5.41, 5.74) is -0.203. The summed E-state index contributed by atoms with van der Waals surface area (Å²) in [5.74, 6) is -2.49. The SMILES string of the molecule is CC[C@@](C)(Nc1ccnc(-c2c[nH]c3ncccc23)n1)C(=O)NCC(F)(F)F.O=C(O)c1ccc2ccccc2c1C(=O)O. The van der Waals surface area contributed by atoms with Gasteiger partial charge >= 0.3 is 18.1 Å². The molecule has 1 atom stereocenters. The van der Waals surface area contributed by atoms with Crippen LogP contribution in [0.2, 0.25) is 0 Å². The van der Waals surface area contributed by atoms with E-state index in [1.54, 1.807) is 61.8 Å². The fourth-order valence-electron chi connectivity index (χ4n) is 4.34. The minimum absolute atomic E-state index is 0.161. The highest BCUT2D eigenvalue weighted by Crippen LogP contribution is 2.27. The molecule has 0 radical (unpaired) electrons. The highest BCUT2D eigenvalue weighted by atomic mass is 19.4. The van der Waals surface area contributed by atoms with Crippen molar-refractivity contribution in [1.82, 2.24) is 25.3 Å². The van der Waals surface area contributed by atoms with Crippen molar-refractivity contribution in [1.29, 1.82) is 0 Å². The molecule has 2 aromatic carbocycles. The maximum Gasteiger partial charge on any atom is 0.405 e. The van der Waals surface area contributed by atoms with E-state index in [9.17, 15) is 27.6 Å². The predicted molar refractivity (Wildman–Crippen MR) is 156 cm³/mol. The van der Waals surface area contributed by atoms with E-state index in [1.807, 2.05) is 11.4 Å². The molecule has 0 aliphatic heterocycles. The monoisotopic (exact) mass is 608 g/mol. The van der Waals surface area contributed by atoms with E-state index in [0.717, 1.165) is 10.9 Å². The molecule has 1 amide bonds. The number of carboxylic acids is 2. The van der Waals surface area contributed by atoms with Crippen LogP contribution >= 0.6 is 0 Å². The number of carbonyl (C=O) groups is 3. The van der Waals surface area contributed by atoms with E-state index in [2.05, 4.69) is 25.3 Å². The number of aromatic amines is 1. The predicted octanol–water partition coefficient (Wildman–Crippen LogP) is 5.52. The summed E-state index contributed by atoms with van der Waals surface area (Å²) in [4.78, 5) is 50.2. The maximum absolute atomic E-state index is 12.4. The Bertz CT molecular complexity index is 1840. The van der Waals surface area contributed by atoms with Crippen LogP contribution in [0.5, 0.6) is 0 Å². The van der Waals surface area contributed by atoms with Crippen LogP contribution in [0.1, 0.15) is 41.0 Å². The Labute approximate surface area is 248 Å². The van der Waals surface area contributed by atoms with Crippen LogP contribution in [0.4, 0.5) is 19.0 Å². The average Bonchev–Trinajstić information content (AvgIpc) is 3.43. The molecular weight excluding hydrogens is 581 g/mol. The highest BCUT2D eigenvalue weighted by molar-refractivity contribution is 6.11. The van der Waals surface area contributed by atoms with Crippen LogP contribution in [-0.4, -0.2) is 66.3 Å². The topological polar surface area (TPSA) is 170 Å². The number of hydrogen-bond acceptors (Lipinski definition) is 7. The number of halogens is 3. The molecule has 0 unspecified atom stereocenters. The van der Waals surface area contributed by atoms with Crippen LogP contribution in [-0.2, 0) is 4.79 Å². The van der Waals surface area contributed by atoms with Crippen LogP contribution in [0.3, 0.4) is 0 Å². The zero-order chi connectivity index (χ0) is 32.1. The summed E-state index contributed by atoms with van der Waals surface area (Å²) < 4.78 is 37.2. The molecule has 3 heterocycles. The van der Waals surface area contributed by atoms with Gasteiger partial charge < -0.3 is 25.8 Å². The first-order valence-corrected chi connectivity index (χ1v) is 13.2. The smallest absolute Gasteiger partial charge is 0.405 e. The fraction of sp³-hybridized carbons (Fsp3) is 0.200. The quantitative estimate of drug-likeness (QED) is 0.152. The van der Waals surface area contributed by atoms with E-state index in [4.69, 9.17) is 10.2 Å². The zero-order valence-corrected chi connectivity index (χ0v) is 23.4. The van der Waals surface area contributed by atoms with Gasteiger partial charge in [-0.05, 0) is 48.4 Å². The van der Waals surface area contributed by atoms with Crippen molar-refractivity contribution in [3.63, 3.8) is 0 Å². The third kappa shape index (κ3) is 7.09. The van der Waals surface area contributed by atoms with Gasteiger partial charge in [-0.1, -0.05) is 37.3 Å². The van der Waals surface area contributed by atoms with Crippen molar-refractivity contribution in [2.24, 2.45) is 0 Å². The molecule has 14 heteroatoms. The number of pyridine rings is 1. The van der Waals surface area contributed by atoms with Gasteiger partial charge in [-0.3, -0.25) is 4.79 Å². The number of carbonyl (C=O) groups excluding carboxylic acids is 1. The van der Waals surface area contributed by atoms with E-state index in [0.29, 0.717) is 28.1 Å². The van der Waals surface area contributed by atoms with Crippen LogP contribution < -0.4 is 10.6 Å². The summed E-state index contributed by atoms with van der Waals surface area (Å²) in [6, 6.07) is 14.9. The summed E-state index contributed by atoms with van der Waals surface area (Å²) in [7, 11) is 0. The van der Waals surface area contributed by atoms with Crippen molar-refractivity contribution in [2.45, 2.75) is 32.0 Å². The van der Waals surface area contributed by atoms with Crippen molar-refractivity contribution in [3.8, 4) is 11.4 Å². The normalized spacial score (nSPS) is 12.6. The molecule has 5 aromatic rings. The Morgan fingerprint density at radius 1 is 0.909 bits per heavy atom. The standard InChI is InChI=1S/C18H19F3N6O.C12H8O4/c1-3-17(2,16(28)25-10-18(19,20)21)27-13-6-8-23-15(26-13)12-9-24-14-11(12)5-4-7-22-14;13-11(14)9-6-5-7-3-1-2-4-8(7)10(9)12(15)16/h4-9H,3,10H2,1-2H3,(H,22,24)(H,25,28)(H,23,26,27);1-6H,(H,13,14)(H,15,16)/t17-;/m1./s1. The van der Waals surface area contributed by atoms with Gasteiger partial charge in [-0.2, -0.15) is 13.2 Å². The Morgan fingerprint density at radius 3 is 2.32 bits per heavy atom. The number of fused-ring (bicyclic) bond motifs is 2. The minimum atomic E-state index is -4.48. The van der Waals surface area contributed by atoms with E-state index in [1.165, 1.54) is 19.2 Å². The van der Waals surface area contributed by atoms with Crippen molar-refractivity contribution in [3.05, 3.63) is 84.3 Å². The first-order valence-electron chi connectivity index (χ1n) is 13.2. The van der Waals surface area contributed by atoms with E-state index < -0.39 is 36.1 Å². The van der Waals surface area contributed by atoms with Gasteiger partial charge in [-0.25, -0.2) is 24.5 Å². The summed E-state index contributed by atoms with van der Waals surface area (Å²) in [5, 5.41) is 24.8. The molecule has 0 saturated carbocycles. The van der Waals surface area contributed by atoms with Gasteiger partial charge in [0, 0.05) is 29.5 Å². The lowest BCUT2D eigenvalue weighted by Gasteiger charge is -2.29. The molecule has 5 rings (SSSR count).